The summed E-state index contributed by atoms with van der Waals surface area (Å²) in [7, 11) is 0. The molecule has 5 nitrogen and oxygen atoms in total. The topological polar surface area (TPSA) is 73.1 Å². The van der Waals surface area contributed by atoms with Crippen LogP contribution in [0.25, 0.3) is 0 Å². The van der Waals surface area contributed by atoms with E-state index in [0.717, 1.165) is 11.1 Å². The maximum atomic E-state index is 5.70. The van der Waals surface area contributed by atoms with Crippen molar-refractivity contribution >= 4 is 5.82 Å². The van der Waals surface area contributed by atoms with Crippen LogP contribution in [0.1, 0.15) is 17.0 Å². The number of aromatic nitrogens is 2. The summed E-state index contributed by atoms with van der Waals surface area (Å²) in [6.45, 7) is 4.15. The third kappa shape index (κ3) is 2.75. The average Bonchev–Trinajstić information content (AvgIpc) is 2.40. The second kappa shape index (κ2) is 5.46. The Kier molecular flexibility index (Phi) is 3.74. The van der Waals surface area contributed by atoms with Crippen LogP contribution in [0, 0.1) is 13.8 Å². The van der Waals surface area contributed by atoms with Crippen LogP contribution in [0.4, 0.5) is 5.82 Å². The molecule has 2 rings (SSSR count). The molecule has 0 amide bonds. The molecule has 5 heteroatoms. The molecule has 0 fully saturated rings. The van der Waals surface area contributed by atoms with Crippen LogP contribution < -0.4 is 16.0 Å². The fourth-order valence-corrected chi connectivity index (χ4v) is 1.61. The molecule has 0 bridgehead atoms. The highest BCUT2D eigenvalue weighted by Gasteiger charge is 2.09. The lowest BCUT2D eigenvalue weighted by molar-refractivity contribution is 0.290. The highest BCUT2D eigenvalue weighted by molar-refractivity contribution is 5.47. The van der Waals surface area contributed by atoms with E-state index in [-0.39, 0.29) is 0 Å². The molecule has 2 aromatic rings. The highest BCUT2D eigenvalue weighted by Crippen LogP contribution is 2.21. The van der Waals surface area contributed by atoms with E-state index >= 15 is 0 Å². The summed E-state index contributed by atoms with van der Waals surface area (Å²) in [4.78, 5) is 8.45. The van der Waals surface area contributed by atoms with E-state index in [4.69, 9.17) is 10.6 Å². The molecule has 0 saturated carbocycles. The van der Waals surface area contributed by atoms with E-state index < -0.39 is 0 Å². The average molecular weight is 244 g/mol. The molecule has 18 heavy (non-hydrogen) atoms. The Morgan fingerprint density at radius 3 is 2.56 bits per heavy atom. The Morgan fingerprint density at radius 2 is 1.89 bits per heavy atom. The van der Waals surface area contributed by atoms with Gasteiger partial charge >= 0.3 is 0 Å². The second-order valence-corrected chi connectivity index (χ2v) is 3.97. The van der Waals surface area contributed by atoms with Crippen molar-refractivity contribution in [1.82, 2.24) is 9.97 Å². The van der Waals surface area contributed by atoms with Crippen molar-refractivity contribution in [3.05, 3.63) is 47.3 Å². The minimum Gasteiger partial charge on any atom is -0.472 e. The van der Waals surface area contributed by atoms with Crippen LogP contribution in [0.3, 0.4) is 0 Å². The number of aryl methyl sites for hydroxylation is 1. The zero-order valence-electron chi connectivity index (χ0n) is 10.5. The van der Waals surface area contributed by atoms with Gasteiger partial charge in [0.05, 0.1) is 5.56 Å². The fraction of sp³-hybridized carbons (Fsp3) is 0.231. The van der Waals surface area contributed by atoms with Gasteiger partial charge < -0.3 is 10.2 Å². The number of hydrogen-bond acceptors (Lipinski definition) is 5. The number of rotatable bonds is 4. The number of hydrazine groups is 1. The lowest BCUT2D eigenvalue weighted by Crippen LogP contribution is -2.13. The number of nitrogens with one attached hydrogen (secondary N) is 1. The predicted octanol–water partition coefficient (Wildman–Crippen LogP) is 1.96. The maximum absolute atomic E-state index is 5.70. The van der Waals surface area contributed by atoms with E-state index in [1.807, 2.05) is 37.3 Å². The molecule has 0 spiro atoms. The van der Waals surface area contributed by atoms with Gasteiger partial charge in [0.1, 0.15) is 18.2 Å². The van der Waals surface area contributed by atoms with Gasteiger partial charge in [-0.25, -0.2) is 10.8 Å². The van der Waals surface area contributed by atoms with Crippen molar-refractivity contribution in [2.24, 2.45) is 5.84 Å². The van der Waals surface area contributed by atoms with Gasteiger partial charge in [-0.2, -0.15) is 4.98 Å². The first-order valence-corrected chi connectivity index (χ1v) is 5.69. The second-order valence-electron chi connectivity index (χ2n) is 3.97. The first-order valence-electron chi connectivity index (χ1n) is 5.69. The Hall–Kier alpha value is -2.14. The Bertz CT molecular complexity index is 528. The quantitative estimate of drug-likeness (QED) is 0.635. The first kappa shape index (κ1) is 12.3. The van der Waals surface area contributed by atoms with Crippen LogP contribution >= 0.6 is 0 Å². The molecule has 0 atom stereocenters. The minimum absolute atomic E-state index is 0.474. The molecule has 0 aliphatic rings. The van der Waals surface area contributed by atoms with Crippen LogP contribution in [0.5, 0.6) is 5.88 Å². The molecule has 0 aliphatic carbocycles. The number of hydrogen-bond donors (Lipinski definition) is 2. The van der Waals surface area contributed by atoms with E-state index in [1.165, 1.54) is 0 Å². The smallest absolute Gasteiger partial charge is 0.222 e. The van der Waals surface area contributed by atoms with Gasteiger partial charge in [0, 0.05) is 0 Å². The lowest BCUT2D eigenvalue weighted by atomic mass is 10.2. The number of nitrogen functional groups attached to an aromatic ring is 1. The molecule has 1 heterocycles. The van der Waals surface area contributed by atoms with Crippen molar-refractivity contribution in [3.8, 4) is 5.88 Å². The summed E-state index contributed by atoms with van der Waals surface area (Å²) < 4.78 is 5.70. The monoisotopic (exact) mass is 244 g/mol. The van der Waals surface area contributed by atoms with Crippen molar-refractivity contribution in [1.29, 1.82) is 0 Å². The minimum atomic E-state index is 0.474. The van der Waals surface area contributed by atoms with Crippen LogP contribution in [0.2, 0.25) is 0 Å². The van der Waals surface area contributed by atoms with E-state index in [9.17, 15) is 0 Å². The van der Waals surface area contributed by atoms with Crippen LogP contribution in [0.15, 0.2) is 30.3 Å². The predicted molar refractivity (Wildman–Crippen MR) is 70.1 cm³/mol. The highest BCUT2D eigenvalue weighted by atomic mass is 16.5. The Labute approximate surface area is 106 Å². The maximum Gasteiger partial charge on any atom is 0.222 e. The summed E-state index contributed by atoms with van der Waals surface area (Å²) >= 11 is 0. The van der Waals surface area contributed by atoms with Crippen molar-refractivity contribution in [2.45, 2.75) is 20.5 Å². The number of anilines is 1. The summed E-state index contributed by atoms with van der Waals surface area (Å²) in [5, 5.41) is 0. The lowest BCUT2D eigenvalue weighted by Gasteiger charge is -2.11. The van der Waals surface area contributed by atoms with Gasteiger partial charge in [-0.3, -0.25) is 0 Å². The molecule has 0 unspecified atom stereocenters. The Morgan fingerprint density at radius 1 is 1.17 bits per heavy atom. The van der Waals surface area contributed by atoms with Crippen molar-refractivity contribution in [3.63, 3.8) is 0 Å². The van der Waals surface area contributed by atoms with Crippen molar-refractivity contribution < 1.29 is 4.74 Å². The van der Waals surface area contributed by atoms with Gasteiger partial charge in [0.25, 0.3) is 0 Å². The summed E-state index contributed by atoms with van der Waals surface area (Å²) in [5.41, 5.74) is 4.44. The normalized spacial score (nSPS) is 10.2. The van der Waals surface area contributed by atoms with E-state index in [2.05, 4.69) is 15.4 Å². The summed E-state index contributed by atoms with van der Waals surface area (Å²) in [5.74, 6) is 7.17. The van der Waals surface area contributed by atoms with Gasteiger partial charge in [-0.05, 0) is 19.4 Å². The van der Waals surface area contributed by atoms with Gasteiger partial charge in [-0.1, -0.05) is 30.3 Å². The Balaban J connectivity index is 2.17. The molecule has 0 saturated heterocycles. The summed E-state index contributed by atoms with van der Waals surface area (Å²) in [6, 6.07) is 9.93. The third-order valence-corrected chi connectivity index (χ3v) is 2.57. The molecule has 0 aliphatic heterocycles. The molecule has 94 valence electrons. The SMILES string of the molecule is Cc1nc(NN)c(C)c(OCc2ccccc2)n1. The zero-order valence-corrected chi connectivity index (χ0v) is 10.5. The van der Waals surface area contributed by atoms with Gasteiger partial charge in [0.2, 0.25) is 5.88 Å². The largest absolute Gasteiger partial charge is 0.472 e. The molecule has 1 aromatic carbocycles. The first-order chi connectivity index (χ1) is 8.70. The molecule has 0 radical (unpaired) electrons. The standard InChI is InChI=1S/C13H16N4O/c1-9-12(17-14)15-10(2)16-13(9)18-8-11-6-4-3-5-7-11/h3-7H,8,14H2,1-2H3,(H,15,16,17). The molecular weight excluding hydrogens is 228 g/mol. The third-order valence-electron chi connectivity index (χ3n) is 2.57. The van der Waals surface area contributed by atoms with Crippen molar-refractivity contribution in [2.75, 3.05) is 5.43 Å². The van der Waals surface area contributed by atoms with E-state index in [0.29, 0.717) is 24.1 Å². The van der Waals surface area contributed by atoms with E-state index in [1.54, 1.807) is 6.92 Å². The summed E-state index contributed by atoms with van der Waals surface area (Å²) in [6.07, 6.45) is 0. The number of nitrogens with zero attached hydrogens (tertiary/aromatic N) is 2. The van der Waals surface area contributed by atoms with Crippen LogP contribution in [-0.4, -0.2) is 9.97 Å². The molecule has 1 aromatic heterocycles. The molecule has 3 N–H and O–H groups in total. The fourth-order valence-electron chi connectivity index (χ4n) is 1.61. The zero-order chi connectivity index (χ0) is 13.0. The number of benzene rings is 1. The number of ether oxygens (including phenoxy) is 1. The molecular formula is C13H16N4O. The van der Waals surface area contributed by atoms with Crippen LogP contribution in [-0.2, 0) is 6.61 Å². The van der Waals surface area contributed by atoms with Gasteiger partial charge in [-0.15, -0.1) is 0 Å². The van der Waals surface area contributed by atoms with Gasteiger partial charge in [0.15, 0.2) is 0 Å². The number of nitrogens with two attached hydrogens (primary N) is 1.